The number of methoxy groups -OCH3 is 1. The molecule has 16 heavy (non-hydrogen) atoms. The molecule has 1 saturated heterocycles. The van der Waals surface area contributed by atoms with Crippen molar-refractivity contribution in [3.8, 4) is 5.75 Å². The molecular formula is C10H14N2O3S. The number of aryl methyl sites for hydroxylation is 1. The van der Waals surface area contributed by atoms with Crippen LogP contribution < -0.4 is 9.46 Å². The maximum atomic E-state index is 11.6. The van der Waals surface area contributed by atoms with E-state index in [1.165, 1.54) is 4.31 Å². The Labute approximate surface area is 95.2 Å². The van der Waals surface area contributed by atoms with Crippen molar-refractivity contribution in [3.05, 3.63) is 23.8 Å². The molecule has 0 amide bonds. The van der Waals surface area contributed by atoms with Gasteiger partial charge < -0.3 is 4.74 Å². The summed E-state index contributed by atoms with van der Waals surface area (Å²) in [6.45, 7) is 3.07. The van der Waals surface area contributed by atoms with Crippen molar-refractivity contribution in [1.82, 2.24) is 4.31 Å². The van der Waals surface area contributed by atoms with E-state index in [4.69, 9.17) is 4.74 Å². The summed E-state index contributed by atoms with van der Waals surface area (Å²) >= 11 is 0. The monoisotopic (exact) mass is 242 g/mol. The lowest BCUT2D eigenvalue weighted by molar-refractivity contribution is 0.412. The van der Waals surface area contributed by atoms with Gasteiger partial charge in [0.05, 0.1) is 12.8 Å². The van der Waals surface area contributed by atoms with E-state index >= 15 is 0 Å². The number of anilines is 1. The largest absolute Gasteiger partial charge is 0.496 e. The predicted octanol–water partition coefficient (Wildman–Crippen LogP) is 0.976. The van der Waals surface area contributed by atoms with Gasteiger partial charge in [0.2, 0.25) is 0 Å². The zero-order valence-corrected chi connectivity index (χ0v) is 10.0. The quantitative estimate of drug-likeness (QED) is 0.801. The summed E-state index contributed by atoms with van der Waals surface area (Å²) in [6, 6.07) is 5.18. The SMILES string of the molecule is COc1ccc(NS(=O)(=O)N2CC2)cc1C. The van der Waals surface area contributed by atoms with Gasteiger partial charge in [0.25, 0.3) is 0 Å². The first kappa shape index (κ1) is 11.2. The van der Waals surface area contributed by atoms with E-state index in [0.29, 0.717) is 18.8 Å². The summed E-state index contributed by atoms with van der Waals surface area (Å²) in [7, 11) is -1.75. The molecule has 1 aliphatic rings. The molecule has 1 aliphatic heterocycles. The standard InChI is InChI=1S/C10H14N2O3S/c1-8-7-9(3-4-10(8)15-2)11-16(13,14)12-5-6-12/h3-4,7,11H,5-6H2,1-2H3. The molecule has 0 aliphatic carbocycles. The number of benzene rings is 1. The van der Waals surface area contributed by atoms with E-state index in [1.54, 1.807) is 25.3 Å². The van der Waals surface area contributed by atoms with E-state index in [1.807, 2.05) is 6.92 Å². The van der Waals surface area contributed by atoms with Crippen LogP contribution in [0.4, 0.5) is 5.69 Å². The molecule has 1 aromatic carbocycles. The van der Waals surface area contributed by atoms with Gasteiger partial charge in [-0.3, -0.25) is 4.72 Å². The lowest BCUT2D eigenvalue weighted by atomic mass is 10.2. The Morgan fingerprint density at radius 2 is 2.06 bits per heavy atom. The second-order valence-corrected chi connectivity index (χ2v) is 5.36. The van der Waals surface area contributed by atoms with Crippen LogP contribution in [0.1, 0.15) is 5.56 Å². The topological polar surface area (TPSA) is 58.4 Å². The van der Waals surface area contributed by atoms with E-state index < -0.39 is 10.2 Å². The zero-order valence-electron chi connectivity index (χ0n) is 9.23. The molecule has 0 saturated carbocycles. The molecule has 0 radical (unpaired) electrons. The van der Waals surface area contributed by atoms with Crippen LogP contribution in [0, 0.1) is 6.92 Å². The molecule has 0 bridgehead atoms. The average molecular weight is 242 g/mol. The highest BCUT2D eigenvalue weighted by Gasteiger charge is 2.31. The average Bonchev–Trinajstić information content (AvgIpc) is 3.00. The van der Waals surface area contributed by atoms with E-state index in [-0.39, 0.29) is 0 Å². The second-order valence-electron chi connectivity index (χ2n) is 3.69. The predicted molar refractivity (Wildman–Crippen MR) is 61.8 cm³/mol. The first-order valence-corrected chi connectivity index (χ1v) is 6.39. The van der Waals surface area contributed by atoms with Crippen molar-refractivity contribution < 1.29 is 13.2 Å². The zero-order chi connectivity index (χ0) is 11.8. The van der Waals surface area contributed by atoms with Gasteiger partial charge in [-0.2, -0.15) is 12.7 Å². The Morgan fingerprint density at radius 1 is 1.38 bits per heavy atom. The highest BCUT2D eigenvalue weighted by atomic mass is 32.2. The fourth-order valence-electron chi connectivity index (χ4n) is 1.44. The van der Waals surface area contributed by atoms with Crippen LogP contribution in [0.2, 0.25) is 0 Å². The third kappa shape index (κ3) is 2.28. The van der Waals surface area contributed by atoms with Crippen molar-refractivity contribution in [2.24, 2.45) is 0 Å². The third-order valence-electron chi connectivity index (χ3n) is 2.39. The van der Waals surface area contributed by atoms with Gasteiger partial charge in [-0.25, -0.2) is 0 Å². The Hall–Kier alpha value is -1.27. The molecule has 0 spiro atoms. The fourth-order valence-corrected chi connectivity index (χ4v) is 2.55. The maximum Gasteiger partial charge on any atom is 0.301 e. The van der Waals surface area contributed by atoms with Gasteiger partial charge in [0.15, 0.2) is 0 Å². The van der Waals surface area contributed by atoms with Crippen LogP contribution >= 0.6 is 0 Å². The van der Waals surface area contributed by atoms with Crippen molar-refractivity contribution in [1.29, 1.82) is 0 Å². The first-order valence-electron chi connectivity index (χ1n) is 4.95. The minimum atomic E-state index is -3.33. The van der Waals surface area contributed by atoms with E-state index in [0.717, 1.165) is 11.3 Å². The van der Waals surface area contributed by atoms with E-state index in [9.17, 15) is 8.42 Å². The normalized spacial score (nSPS) is 15.9. The Kier molecular flexibility index (Phi) is 2.77. The third-order valence-corrected chi connectivity index (χ3v) is 3.93. The van der Waals surface area contributed by atoms with Crippen LogP contribution in [-0.4, -0.2) is 32.9 Å². The number of nitrogens with zero attached hydrogens (tertiary/aromatic N) is 1. The van der Waals surface area contributed by atoms with Gasteiger partial charge in [-0.05, 0) is 30.7 Å². The van der Waals surface area contributed by atoms with E-state index in [2.05, 4.69) is 4.72 Å². The van der Waals surface area contributed by atoms with Crippen molar-refractivity contribution in [2.45, 2.75) is 6.92 Å². The molecule has 1 N–H and O–H groups in total. The summed E-state index contributed by atoms with van der Waals surface area (Å²) in [6.07, 6.45) is 0. The molecule has 2 rings (SSSR count). The molecule has 1 aromatic rings. The highest BCUT2D eigenvalue weighted by molar-refractivity contribution is 7.90. The minimum absolute atomic E-state index is 0.560. The number of nitrogens with one attached hydrogen (secondary N) is 1. The summed E-state index contributed by atoms with van der Waals surface area (Å²) in [4.78, 5) is 0. The summed E-state index contributed by atoms with van der Waals surface area (Å²) in [5.41, 5.74) is 1.46. The molecule has 6 heteroatoms. The molecule has 0 aromatic heterocycles. The molecule has 0 unspecified atom stereocenters. The van der Waals surface area contributed by atoms with Gasteiger partial charge >= 0.3 is 10.2 Å². The summed E-state index contributed by atoms with van der Waals surface area (Å²) < 4.78 is 32.2. The van der Waals surface area contributed by atoms with Crippen LogP contribution in [-0.2, 0) is 10.2 Å². The second kappa shape index (κ2) is 3.95. The molecule has 1 heterocycles. The van der Waals surface area contributed by atoms with Crippen LogP contribution in [0.5, 0.6) is 5.75 Å². The molecule has 0 atom stereocenters. The number of hydrogen-bond acceptors (Lipinski definition) is 3. The Morgan fingerprint density at radius 3 is 2.56 bits per heavy atom. The smallest absolute Gasteiger partial charge is 0.301 e. The molecule has 1 fully saturated rings. The lowest BCUT2D eigenvalue weighted by Crippen LogP contribution is -2.20. The Balaban J connectivity index is 2.19. The van der Waals surface area contributed by atoms with Crippen LogP contribution in [0.3, 0.4) is 0 Å². The summed E-state index contributed by atoms with van der Waals surface area (Å²) in [5.74, 6) is 0.745. The highest BCUT2D eigenvalue weighted by Crippen LogP contribution is 2.23. The van der Waals surface area contributed by atoms with Crippen molar-refractivity contribution in [3.63, 3.8) is 0 Å². The maximum absolute atomic E-state index is 11.6. The van der Waals surface area contributed by atoms with Gasteiger partial charge in [0, 0.05) is 13.1 Å². The first-order chi connectivity index (χ1) is 7.53. The summed E-state index contributed by atoms with van der Waals surface area (Å²) in [5, 5.41) is 0. The van der Waals surface area contributed by atoms with Gasteiger partial charge in [-0.15, -0.1) is 0 Å². The number of ether oxygens (including phenoxy) is 1. The van der Waals surface area contributed by atoms with Crippen LogP contribution in [0.15, 0.2) is 18.2 Å². The lowest BCUT2D eigenvalue weighted by Gasteiger charge is -2.10. The number of hydrogen-bond donors (Lipinski definition) is 1. The molecule has 88 valence electrons. The molecular weight excluding hydrogens is 228 g/mol. The fraction of sp³-hybridized carbons (Fsp3) is 0.400. The van der Waals surface area contributed by atoms with Crippen molar-refractivity contribution >= 4 is 15.9 Å². The van der Waals surface area contributed by atoms with Gasteiger partial charge in [0.1, 0.15) is 5.75 Å². The van der Waals surface area contributed by atoms with Crippen LogP contribution in [0.25, 0.3) is 0 Å². The molecule has 5 nitrogen and oxygen atoms in total. The van der Waals surface area contributed by atoms with Gasteiger partial charge in [-0.1, -0.05) is 0 Å². The minimum Gasteiger partial charge on any atom is -0.496 e. The Bertz CT molecular complexity index is 495. The number of rotatable bonds is 4. The van der Waals surface area contributed by atoms with Crippen molar-refractivity contribution in [2.75, 3.05) is 24.9 Å².